The summed E-state index contributed by atoms with van der Waals surface area (Å²) in [4.78, 5) is 1.30. The summed E-state index contributed by atoms with van der Waals surface area (Å²) in [7, 11) is 0. The van der Waals surface area contributed by atoms with Crippen molar-refractivity contribution >= 4 is 17.4 Å². The lowest BCUT2D eigenvalue weighted by molar-refractivity contribution is 0.746. The summed E-state index contributed by atoms with van der Waals surface area (Å²) in [6, 6.07) is 17.7. The van der Waals surface area contributed by atoms with Crippen LogP contribution in [0.3, 0.4) is 0 Å². The van der Waals surface area contributed by atoms with E-state index in [1.807, 2.05) is 0 Å². The van der Waals surface area contributed by atoms with Crippen LogP contribution in [0.1, 0.15) is 30.5 Å². The fraction of sp³-hybridized carbons (Fsp3) is 0.294. The number of thioether (sulfide) groups is 1. The van der Waals surface area contributed by atoms with Gasteiger partial charge in [0, 0.05) is 10.6 Å². The first kappa shape index (κ1) is 14.0. The number of hydrogen-bond acceptors (Lipinski definition) is 2. The molecule has 2 aromatic rings. The van der Waals surface area contributed by atoms with Crippen LogP contribution in [0.2, 0.25) is 0 Å². The third-order valence-electron chi connectivity index (χ3n) is 3.32. The first-order chi connectivity index (χ1) is 9.24. The maximum Gasteiger partial charge on any atom is 0.0511 e. The van der Waals surface area contributed by atoms with Crippen LogP contribution in [-0.4, -0.2) is 6.26 Å². The minimum absolute atomic E-state index is 0.369. The molecule has 0 amide bonds. The van der Waals surface area contributed by atoms with Gasteiger partial charge in [0.15, 0.2) is 0 Å². The highest BCUT2D eigenvalue weighted by molar-refractivity contribution is 7.98. The van der Waals surface area contributed by atoms with Gasteiger partial charge in [0.25, 0.3) is 0 Å². The first-order valence-electron chi connectivity index (χ1n) is 6.70. The summed E-state index contributed by atoms with van der Waals surface area (Å²) in [6.45, 7) is 4.35. The van der Waals surface area contributed by atoms with Crippen molar-refractivity contribution in [3.63, 3.8) is 0 Å². The van der Waals surface area contributed by atoms with E-state index in [0.717, 1.165) is 6.42 Å². The highest BCUT2D eigenvalue weighted by atomic mass is 32.2. The third kappa shape index (κ3) is 3.54. The van der Waals surface area contributed by atoms with E-state index in [9.17, 15) is 0 Å². The van der Waals surface area contributed by atoms with E-state index in [1.165, 1.54) is 21.7 Å². The smallest absolute Gasteiger partial charge is 0.0511 e. The van der Waals surface area contributed by atoms with Crippen LogP contribution in [-0.2, 0) is 0 Å². The Morgan fingerprint density at radius 1 is 1.05 bits per heavy atom. The third-order valence-corrected chi connectivity index (χ3v) is 4.12. The Balaban J connectivity index is 2.21. The highest BCUT2D eigenvalue weighted by Gasteiger charge is 2.10. The minimum Gasteiger partial charge on any atom is -0.377 e. The Hall–Kier alpha value is -1.41. The molecular formula is C17H21NS. The van der Waals surface area contributed by atoms with Gasteiger partial charge in [-0.05, 0) is 37.3 Å². The molecule has 0 aliphatic heterocycles. The van der Waals surface area contributed by atoms with Gasteiger partial charge < -0.3 is 5.32 Å². The second kappa shape index (κ2) is 6.67. The number of rotatable bonds is 5. The lowest BCUT2D eigenvalue weighted by Gasteiger charge is -2.20. The zero-order valence-corrected chi connectivity index (χ0v) is 12.6. The standard InChI is InChI=1S/C17H21NS/c1-4-15(14-11-9-13(2)10-12-14)18-16-7-5-6-8-17(16)19-3/h5-12,15,18H,4H2,1-3H3. The maximum atomic E-state index is 3.66. The van der Waals surface area contributed by atoms with Crippen LogP contribution < -0.4 is 5.32 Å². The Kier molecular flexibility index (Phi) is 4.92. The van der Waals surface area contributed by atoms with Gasteiger partial charge in [0.05, 0.1) is 6.04 Å². The Labute approximate surface area is 120 Å². The van der Waals surface area contributed by atoms with Crippen molar-refractivity contribution in [2.45, 2.75) is 31.2 Å². The molecule has 2 aromatic carbocycles. The second-order valence-electron chi connectivity index (χ2n) is 4.72. The summed E-state index contributed by atoms with van der Waals surface area (Å²) in [5.41, 5.74) is 3.88. The van der Waals surface area contributed by atoms with Gasteiger partial charge in [-0.15, -0.1) is 11.8 Å². The zero-order chi connectivity index (χ0) is 13.7. The van der Waals surface area contributed by atoms with Crippen molar-refractivity contribution in [3.8, 4) is 0 Å². The summed E-state index contributed by atoms with van der Waals surface area (Å²) < 4.78 is 0. The van der Waals surface area contributed by atoms with Crippen LogP contribution in [0.4, 0.5) is 5.69 Å². The molecule has 0 aromatic heterocycles. The largest absolute Gasteiger partial charge is 0.377 e. The molecule has 0 spiro atoms. The molecule has 0 heterocycles. The average molecular weight is 271 g/mol. The predicted molar refractivity (Wildman–Crippen MR) is 86.1 cm³/mol. The number of para-hydroxylation sites is 1. The first-order valence-corrected chi connectivity index (χ1v) is 7.93. The second-order valence-corrected chi connectivity index (χ2v) is 5.56. The van der Waals surface area contributed by atoms with E-state index < -0.39 is 0 Å². The topological polar surface area (TPSA) is 12.0 Å². The van der Waals surface area contributed by atoms with Gasteiger partial charge in [-0.3, -0.25) is 0 Å². The Bertz CT molecular complexity index is 519. The van der Waals surface area contributed by atoms with Crippen LogP contribution in [0, 0.1) is 6.92 Å². The number of nitrogens with one attached hydrogen (secondary N) is 1. The molecule has 0 aliphatic rings. The molecule has 1 N–H and O–H groups in total. The normalized spacial score (nSPS) is 12.2. The van der Waals surface area contributed by atoms with Gasteiger partial charge >= 0.3 is 0 Å². The molecule has 0 saturated carbocycles. The molecule has 0 saturated heterocycles. The number of hydrogen-bond donors (Lipinski definition) is 1. The predicted octanol–water partition coefficient (Wildman–Crippen LogP) is 5.28. The van der Waals surface area contributed by atoms with Gasteiger partial charge in [0.1, 0.15) is 0 Å². The number of aryl methyl sites for hydroxylation is 1. The number of anilines is 1. The van der Waals surface area contributed by atoms with Gasteiger partial charge in [-0.25, -0.2) is 0 Å². The molecule has 1 nitrogen and oxygen atoms in total. The van der Waals surface area contributed by atoms with Crippen molar-refractivity contribution in [1.29, 1.82) is 0 Å². The van der Waals surface area contributed by atoms with Crippen molar-refractivity contribution in [3.05, 3.63) is 59.7 Å². The molecule has 0 radical (unpaired) electrons. The van der Waals surface area contributed by atoms with E-state index in [0.29, 0.717) is 6.04 Å². The molecule has 2 rings (SSSR count). The minimum atomic E-state index is 0.369. The summed E-state index contributed by atoms with van der Waals surface area (Å²) in [5, 5.41) is 3.66. The fourth-order valence-electron chi connectivity index (χ4n) is 2.17. The lowest BCUT2D eigenvalue weighted by atomic mass is 10.0. The van der Waals surface area contributed by atoms with Crippen molar-refractivity contribution in [2.24, 2.45) is 0 Å². The van der Waals surface area contributed by atoms with E-state index >= 15 is 0 Å². The molecule has 0 aliphatic carbocycles. The molecule has 0 bridgehead atoms. The van der Waals surface area contributed by atoms with Crippen molar-refractivity contribution < 1.29 is 0 Å². The van der Waals surface area contributed by atoms with Crippen molar-refractivity contribution in [1.82, 2.24) is 0 Å². The monoisotopic (exact) mass is 271 g/mol. The zero-order valence-electron chi connectivity index (χ0n) is 11.8. The Morgan fingerprint density at radius 3 is 2.37 bits per heavy atom. The van der Waals surface area contributed by atoms with Gasteiger partial charge in [-0.2, -0.15) is 0 Å². The molecule has 19 heavy (non-hydrogen) atoms. The summed E-state index contributed by atoms with van der Waals surface area (Å²) >= 11 is 1.78. The molecular weight excluding hydrogens is 250 g/mol. The summed E-state index contributed by atoms with van der Waals surface area (Å²) in [6.07, 6.45) is 3.19. The van der Waals surface area contributed by atoms with Crippen LogP contribution >= 0.6 is 11.8 Å². The molecule has 0 fully saturated rings. The molecule has 100 valence electrons. The number of benzene rings is 2. The van der Waals surface area contributed by atoms with E-state index in [2.05, 4.69) is 74.0 Å². The SMILES string of the molecule is CCC(Nc1ccccc1SC)c1ccc(C)cc1. The average Bonchev–Trinajstić information content (AvgIpc) is 2.46. The van der Waals surface area contributed by atoms with Crippen LogP contribution in [0.5, 0.6) is 0 Å². The van der Waals surface area contributed by atoms with E-state index in [1.54, 1.807) is 11.8 Å². The Morgan fingerprint density at radius 2 is 1.74 bits per heavy atom. The molecule has 1 atom stereocenters. The van der Waals surface area contributed by atoms with Gasteiger partial charge in [0.2, 0.25) is 0 Å². The quantitative estimate of drug-likeness (QED) is 0.742. The van der Waals surface area contributed by atoms with Gasteiger partial charge in [-0.1, -0.05) is 48.9 Å². The molecule has 1 unspecified atom stereocenters. The van der Waals surface area contributed by atoms with E-state index in [-0.39, 0.29) is 0 Å². The fourth-order valence-corrected chi connectivity index (χ4v) is 2.73. The highest BCUT2D eigenvalue weighted by Crippen LogP contribution is 2.29. The van der Waals surface area contributed by atoms with Crippen molar-refractivity contribution in [2.75, 3.05) is 11.6 Å². The lowest BCUT2D eigenvalue weighted by Crippen LogP contribution is -2.10. The van der Waals surface area contributed by atoms with E-state index in [4.69, 9.17) is 0 Å². The van der Waals surface area contributed by atoms with Crippen LogP contribution in [0.15, 0.2) is 53.4 Å². The maximum absolute atomic E-state index is 3.66. The molecule has 2 heteroatoms. The van der Waals surface area contributed by atoms with Crippen LogP contribution in [0.25, 0.3) is 0 Å². The summed E-state index contributed by atoms with van der Waals surface area (Å²) in [5.74, 6) is 0.